The number of nitrogens with zero attached hydrogens (tertiary/aromatic N) is 1. The average molecular weight is 316 g/mol. The molecule has 0 aliphatic heterocycles. The molecule has 120 valence electrons. The zero-order chi connectivity index (χ0) is 16.9. The molecule has 0 bridgehead atoms. The highest BCUT2D eigenvalue weighted by atomic mass is 16.1. The number of aromatic nitrogens is 1. The van der Waals surface area contributed by atoms with Gasteiger partial charge in [-0.25, -0.2) is 0 Å². The van der Waals surface area contributed by atoms with Crippen LogP contribution in [-0.2, 0) is 6.54 Å². The van der Waals surface area contributed by atoms with Gasteiger partial charge in [0.1, 0.15) is 0 Å². The summed E-state index contributed by atoms with van der Waals surface area (Å²) in [7, 11) is 0. The molecule has 1 N–H and O–H groups in total. The minimum Gasteiger partial charge on any atom is -0.348 e. The summed E-state index contributed by atoms with van der Waals surface area (Å²) in [6.07, 6.45) is 3.40. The van der Waals surface area contributed by atoms with Gasteiger partial charge in [-0.2, -0.15) is 0 Å². The van der Waals surface area contributed by atoms with E-state index in [1.54, 1.807) is 12.4 Å². The number of rotatable bonds is 4. The predicted octanol–water partition coefficient (Wildman–Crippen LogP) is 4.30. The maximum Gasteiger partial charge on any atom is 0.253 e. The molecule has 3 nitrogen and oxygen atoms in total. The molecule has 3 aromatic rings. The Morgan fingerprint density at radius 3 is 2.33 bits per heavy atom. The Bertz CT molecular complexity index is 836. The second-order valence-corrected chi connectivity index (χ2v) is 6.01. The molecule has 2 aromatic carbocycles. The molecule has 0 aliphatic rings. The van der Waals surface area contributed by atoms with E-state index in [1.807, 2.05) is 36.4 Å². The third kappa shape index (κ3) is 3.87. The summed E-state index contributed by atoms with van der Waals surface area (Å²) in [5.41, 5.74) is 6.08. The predicted molar refractivity (Wildman–Crippen MR) is 96.8 cm³/mol. The lowest BCUT2D eigenvalue weighted by molar-refractivity contribution is 0.0950. The molecular weight excluding hydrogens is 296 g/mol. The summed E-state index contributed by atoms with van der Waals surface area (Å²) in [5.74, 6) is -0.113. The monoisotopic (exact) mass is 316 g/mol. The normalized spacial score (nSPS) is 10.4. The first-order valence-electron chi connectivity index (χ1n) is 7.98. The Morgan fingerprint density at radius 2 is 1.62 bits per heavy atom. The number of hydrogen-bond donors (Lipinski definition) is 1. The lowest BCUT2D eigenvalue weighted by atomic mass is 10.0. The van der Waals surface area contributed by atoms with Crippen LogP contribution in [0.2, 0.25) is 0 Å². The summed E-state index contributed by atoms with van der Waals surface area (Å²) in [6, 6.07) is 18.1. The van der Waals surface area contributed by atoms with Crippen molar-refractivity contribution in [1.82, 2.24) is 10.3 Å². The Labute approximate surface area is 142 Å². The Kier molecular flexibility index (Phi) is 4.71. The third-order valence-corrected chi connectivity index (χ3v) is 3.85. The number of carbonyl (C=O) groups excluding carboxylic acids is 1. The molecule has 0 fully saturated rings. The average Bonchev–Trinajstić information content (AvgIpc) is 2.60. The molecule has 0 aliphatic carbocycles. The van der Waals surface area contributed by atoms with Crippen molar-refractivity contribution >= 4 is 5.91 Å². The molecule has 1 amide bonds. The first-order chi connectivity index (χ1) is 11.6. The summed E-state index contributed by atoms with van der Waals surface area (Å²) >= 11 is 0. The van der Waals surface area contributed by atoms with Gasteiger partial charge in [0.2, 0.25) is 0 Å². The number of aryl methyl sites for hydroxylation is 2. The van der Waals surface area contributed by atoms with E-state index in [1.165, 1.54) is 11.1 Å². The zero-order valence-electron chi connectivity index (χ0n) is 13.9. The van der Waals surface area contributed by atoms with Gasteiger partial charge in [0.25, 0.3) is 5.91 Å². The minimum atomic E-state index is -0.113. The van der Waals surface area contributed by atoms with Gasteiger partial charge in [-0.05, 0) is 31.0 Å². The Balaban J connectivity index is 1.78. The van der Waals surface area contributed by atoms with Gasteiger partial charge in [-0.3, -0.25) is 9.78 Å². The largest absolute Gasteiger partial charge is 0.348 e. The van der Waals surface area contributed by atoms with E-state index in [-0.39, 0.29) is 5.91 Å². The highest BCUT2D eigenvalue weighted by Crippen LogP contribution is 2.22. The SMILES string of the molecule is Cc1cc(C)cc(-c2cncc(C(=O)NCc3ccccc3)c2)c1. The fraction of sp³-hybridized carbons (Fsp3) is 0.143. The van der Waals surface area contributed by atoms with E-state index in [2.05, 4.69) is 42.3 Å². The summed E-state index contributed by atoms with van der Waals surface area (Å²) in [4.78, 5) is 16.6. The molecule has 3 heteroatoms. The minimum absolute atomic E-state index is 0.113. The van der Waals surface area contributed by atoms with Crippen molar-refractivity contribution in [2.24, 2.45) is 0 Å². The van der Waals surface area contributed by atoms with Gasteiger partial charge < -0.3 is 5.32 Å². The van der Waals surface area contributed by atoms with Crippen LogP contribution in [0.25, 0.3) is 11.1 Å². The Hall–Kier alpha value is -2.94. The first-order valence-corrected chi connectivity index (χ1v) is 7.98. The van der Waals surface area contributed by atoms with Crippen molar-refractivity contribution in [2.75, 3.05) is 0 Å². The van der Waals surface area contributed by atoms with Crippen LogP contribution in [0, 0.1) is 13.8 Å². The van der Waals surface area contributed by atoms with E-state index < -0.39 is 0 Å². The molecule has 1 aromatic heterocycles. The van der Waals surface area contributed by atoms with Crippen molar-refractivity contribution in [3.8, 4) is 11.1 Å². The molecule has 0 radical (unpaired) electrons. The number of hydrogen-bond acceptors (Lipinski definition) is 2. The zero-order valence-corrected chi connectivity index (χ0v) is 13.9. The van der Waals surface area contributed by atoms with Gasteiger partial charge in [0.15, 0.2) is 0 Å². The second-order valence-electron chi connectivity index (χ2n) is 6.01. The molecular formula is C21H20N2O. The van der Waals surface area contributed by atoms with Crippen LogP contribution >= 0.6 is 0 Å². The maximum atomic E-state index is 12.4. The molecule has 3 rings (SSSR count). The maximum absolute atomic E-state index is 12.4. The van der Waals surface area contributed by atoms with Crippen molar-refractivity contribution in [3.63, 3.8) is 0 Å². The smallest absolute Gasteiger partial charge is 0.253 e. The van der Waals surface area contributed by atoms with Crippen LogP contribution in [0.5, 0.6) is 0 Å². The number of nitrogens with one attached hydrogen (secondary N) is 1. The van der Waals surface area contributed by atoms with Gasteiger partial charge in [0.05, 0.1) is 5.56 Å². The van der Waals surface area contributed by atoms with Gasteiger partial charge in [0, 0.05) is 24.5 Å². The highest BCUT2D eigenvalue weighted by Gasteiger charge is 2.08. The van der Waals surface area contributed by atoms with Crippen LogP contribution in [0.1, 0.15) is 27.0 Å². The van der Waals surface area contributed by atoms with E-state index in [9.17, 15) is 4.79 Å². The van der Waals surface area contributed by atoms with Crippen LogP contribution in [0.3, 0.4) is 0 Å². The Morgan fingerprint density at radius 1 is 0.917 bits per heavy atom. The molecule has 0 saturated heterocycles. The molecule has 0 unspecified atom stereocenters. The molecule has 0 saturated carbocycles. The van der Waals surface area contributed by atoms with Gasteiger partial charge in [-0.15, -0.1) is 0 Å². The lowest BCUT2D eigenvalue weighted by Crippen LogP contribution is -2.22. The quantitative estimate of drug-likeness (QED) is 0.780. The van der Waals surface area contributed by atoms with Gasteiger partial charge in [-0.1, -0.05) is 59.7 Å². The number of carbonyl (C=O) groups is 1. The van der Waals surface area contributed by atoms with Crippen molar-refractivity contribution in [3.05, 3.63) is 89.2 Å². The number of benzene rings is 2. The number of amides is 1. The highest BCUT2D eigenvalue weighted by molar-refractivity contribution is 5.95. The van der Waals surface area contributed by atoms with E-state index in [4.69, 9.17) is 0 Å². The van der Waals surface area contributed by atoms with E-state index in [0.29, 0.717) is 12.1 Å². The third-order valence-electron chi connectivity index (χ3n) is 3.85. The molecule has 24 heavy (non-hydrogen) atoms. The van der Waals surface area contributed by atoms with E-state index >= 15 is 0 Å². The standard InChI is InChI=1S/C21H20N2O/c1-15-8-16(2)10-18(9-15)19-11-20(14-22-13-19)21(24)23-12-17-6-4-3-5-7-17/h3-11,13-14H,12H2,1-2H3,(H,23,24). The fourth-order valence-electron chi connectivity index (χ4n) is 2.74. The fourth-order valence-corrected chi connectivity index (χ4v) is 2.74. The number of pyridine rings is 1. The van der Waals surface area contributed by atoms with Crippen molar-refractivity contribution < 1.29 is 4.79 Å². The van der Waals surface area contributed by atoms with Crippen molar-refractivity contribution in [1.29, 1.82) is 0 Å². The van der Waals surface area contributed by atoms with Crippen LogP contribution < -0.4 is 5.32 Å². The lowest BCUT2D eigenvalue weighted by Gasteiger charge is -2.08. The van der Waals surface area contributed by atoms with Crippen LogP contribution in [0.4, 0.5) is 0 Å². The molecule has 0 atom stereocenters. The second kappa shape index (κ2) is 7.09. The van der Waals surface area contributed by atoms with Crippen molar-refractivity contribution in [2.45, 2.75) is 20.4 Å². The summed E-state index contributed by atoms with van der Waals surface area (Å²) < 4.78 is 0. The van der Waals surface area contributed by atoms with Gasteiger partial charge >= 0.3 is 0 Å². The first kappa shape index (κ1) is 15.9. The summed E-state index contributed by atoms with van der Waals surface area (Å²) in [5, 5.41) is 2.94. The van der Waals surface area contributed by atoms with Crippen LogP contribution in [-0.4, -0.2) is 10.9 Å². The van der Waals surface area contributed by atoms with Crippen LogP contribution in [0.15, 0.2) is 67.0 Å². The topological polar surface area (TPSA) is 42.0 Å². The summed E-state index contributed by atoms with van der Waals surface area (Å²) in [6.45, 7) is 4.65. The molecule has 0 spiro atoms. The van der Waals surface area contributed by atoms with E-state index in [0.717, 1.165) is 16.7 Å². The molecule has 1 heterocycles.